The molecule has 0 aliphatic carbocycles. The van der Waals surface area contributed by atoms with Gasteiger partial charge in [-0.25, -0.2) is 0 Å². The third-order valence-electron chi connectivity index (χ3n) is 3.82. The largest absolute Gasteiger partial charge is 0.286 e. The van der Waals surface area contributed by atoms with Gasteiger partial charge in [0.25, 0.3) is 15.9 Å². The van der Waals surface area contributed by atoms with Gasteiger partial charge < -0.3 is 0 Å². The van der Waals surface area contributed by atoms with Crippen molar-refractivity contribution in [2.75, 3.05) is 6.54 Å². The van der Waals surface area contributed by atoms with E-state index in [4.69, 9.17) is 0 Å². The molecule has 26 heavy (non-hydrogen) atoms. The maximum atomic E-state index is 12.6. The molecule has 134 valence electrons. The first-order chi connectivity index (χ1) is 12.4. The predicted molar refractivity (Wildman–Crippen MR) is 105 cm³/mol. The predicted octanol–water partition coefficient (Wildman–Crippen LogP) is 3.68. The summed E-state index contributed by atoms with van der Waals surface area (Å²) in [6, 6.07) is 15.9. The molecular formula is C19H18N2O3S2. The van der Waals surface area contributed by atoms with Crippen LogP contribution in [0.5, 0.6) is 0 Å². The number of carbonyl (C=O) groups is 1. The number of aryl methyl sites for hydroxylation is 1. The summed E-state index contributed by atoms with van der Waals surface area (Å²) in [5.41, 5.74) is 1.84. The van der Waals surface area contributed by atoms with Crippen LogP contribution in [0.15, 0.2) is 68.8 Å². The van der Waals surface area contributed by atoms with Crippen molar-refractivity contribution in [3.8, 4) is 0 Å². The van der Waals surface area contributed by atoms with E-state index >= 15 is 0 Å². The maximum Gasteiger partial charge on any atom is 0.284 e. The molecule has 1 fully saturated rings. The highest BCUT2D eigenvalue weighted by Gasteiger charge is 2.33. The fourth-order valence-corrected chi connectivity index (χ4v) is 4.67. The van der Waals surface area contributed by atoms with Crippen molar-refractivity contribution >= 4 is 38.9 Å². The number of benzene rings is 2. The van der Waals surface area contributed by atoms with E-state index in [1.165, 1.54) is 17.0 Å². The number of likely N-dealkylation sites (N-methyl/N-ethyl adjacent to an activating group) is 1. The highest BCUT2D eigenvalue weighted by Crippen LogP contribution is 2.33. The number of carbonyl (C=O) groups excluding carboxylic acids is 1. The van der Waals surface area contributed by atoms with Gasteiger partial charge in [-0.05, 0) is 49.4 Å². The number of rotatable bonds is 4. The van der Waals surface area contributed by atoms with Gasteiger partial charge in [-0.15, -0.1) is 4.40 Å². The molecule has 0 aromatic heterocycles. The second-order valence-electron chi connectivity index (χ2n) is 5.73. The number of thioether (sulfide) groups is 1. The summed E-state index contributed by atoms with van der Waals surface area (Å²) in [5.74, 6) is -0.237. The van der Waals surface area contributed by atoms with Gasteiger partial charge in [0, 0.05) is 6.54 Å². The molecule has 0 saturated carbocycles. The Morgan fingerprint density at radius 1 is 1.08 bits per heavy atom. The molecule has 2 aromatic rings. The zero-order valence-corrected chi connectivity index (χ0v) is 16.0. The highest BCUT2D eigenvalue weighted by atomic mass is 32.2. The van der Waals surface area contributed by atoms with Crippen LogP contribution >= 0.6 is 11.8 Å². The lowest BCUT2D eigenvalue weighted by atomic mass is 10.2. The Kier molecular flexibility index (Phi) is 5.29. The van der Waals surface area contributed by atoms with Crippen molar-refractivity contribution < 1.29 is 13.2 Å². The lowest BCUT2D eigenvalue weighted by molar-refractivity contribution is -0.122. The number of amidine groups is 1. The molecule has 2 aromatic carbocycles. The zero-order chi connectivity index (χ0) is 18.7. The topological polar surface area (TPSA) is 66.8 Å². The van der Waals surface area contributed by atoms with Gasteiger partial charge in [-0.1, -0.05) is 48.0 Å². The number of nitrogens with zero attached hydrogens (tertiary/aromatic N) is 2. The summed E-state index contributed by atoms with van der Waals surface area (Å²) >= 11 is 1.08. The van der Waals surface area contributed by atoms with Gasteiger partial charge in [0.05, 0.1) is 9.80 Å². The molecule has 0 unspecified atom stereocenters. The number of sulfonamides is 1. The average Bonchev–Trinajstić information content (AvgIpc) is 2.90. The van der Waals surface area contributed by atoms with Crippen molar-refractivity contribution in [3.63, 3.8) is 0 Å². The van der Waals surface area contributed by atoms with E-state index in [9.17, 15) is 13.2 Å². The molecule has 0 bridgehead atoms. The lowest BCUT2D eigenvalue weighted by Gasteiger charge is -2.11. The first-order valence-electron chi connectivity index (χ1n) is 8.09. The van der Waals surface area contributed by atoms with E-state index in [2.05, 4.69) is 4.40 Å². The summed E-state index contributed by atoms with van der Waals surface area (Å²) in [6.07, 6.45) is 1.75. The van der Waals surface area contributed by atoms with Gasteiger partial charge in [0.15, 0.2) is 5.17 Å². The highest BCUT2D eigenvalue weighted by molar-refractivity contribution is 8.19. The number of amides is 1. The van der Waals surface area contributed by atoms with Gasteiger partial charge in [-0.2, -0.15) is 8.42 Å². The standard InChI is InChI=1S/C19H18N2O3S2/c1-3-21-18(22)17(13-15-7-5-4-6-8-15)25-19(21)20-26(23,24)16-11-9-14(2)10-12-16/h4-13H,3H2,1-2H3/b17-13-,20-19?. The van der Waals surface area contributed by atoms with Crippen molar-refractivity contribution in [3.05, 3.63) is 70.6 Å². The molecule has 0 N–H and O–H groups in total. The minimum absolute atomic E-state index is 0.111. The molecule has 3 rings (SSSR count). The van der Waals surface area contributed by atoms with E-state index in [0.29, 0.717) is 11.4 Å². The molecule has 1 amide bonds. The van der Waals surface area contributed by atoms with Crippen LogP contribution in [0.25, 0.3) is 6.08 Å². The van der Waals surface area contributed by atoms with Crippen LogP contribution in [0.3, 0.4) is 0 Å². The van der Waals surface area contributed by atoms with Crippen molar-refractivity contribution in [1.29, 1.82) is 0 Å². The smallest absolute Gasteiger partial charge is 0.284 e. The molecule has 5 nitrogen and oxygen atoms in total. The Labute approximate surface area is 157 Å². The summed E-state index contributed by atoms with van der Waals surface area (Å²) in [7, 11) is -3.88. The van der Waals surface area contributed by atoms with E-state index in [0.717, 1.165) is 22.9 Å². The molecule has 7 heteroatoms. The van der Waals surface area contributed by atoms with Crippen LogP contribution in [0, 0.1) is 6.92 Å². The molecule has 0 radical (unpaired) electrons. The Morgan fingerprint density at radius 2 is 1.73 bits per heavy atom. The minimum Gasteiger partial charge on any atom is -0.286 e. The van der Waals surface area contributed by atoms with Crippen molar-refractivity contribution in [2.45, 2.75) is 18.7 Å². The molecular weight excluding hydrogens is 368 g/mol. The van der Waals surface area contributed by atoms with E-state index < -0.39 is 10.0 Å². The summed E-state index contributed by atoms with van der Waals surface area (Å²) < 4.78 is 29.1. The van der Waals surface area contributed by atoms with Crippen LogP contribution in [-0.4, -0.2) is 30.9 Å². The van der Waals surface area contributed by atoms with Crippen LogP contribution < -0.4 is 0 Å². The second-order valence-corrected chi connectivity index (χ2v) is 8.35. The summed E-state index contributed by atoms with van der Waals surface area (Å²) in [4.78, 5) is 14.5. The number of hydrogen-bond donors (Lipinski definition) is 0. The molecule has 0 spiro atoms. The van der Waals surface area contributed by atoms with E-state index in [-0.39, 0.29) is 16.0 Å². The van der Waals surface area contributed by atoms with E-state index in [1.54, 1.807) is 25.1 Å². The number of hydrogen-bond acceptors (Lipinski definition) is 4. The third-order valence-corrected chi connectivity index (χ3v) is 6.22. The summed E-state index contributed by atoms with van der Waals surface area (Å²) in [5, 5.41) is 0.181. The van der Waals surface area contributed by atoms with Gasteiger partial charge >= 0.3 is 0 Å². The first-order valence-corrected chi connectivity index (χ1v) is 10.3. The van der Waals surface area contributed by atoms with E-state index in [1.807, 2.05) is 37.3 Å². The molecule has 1 aliphatic rings. The Morgan fingerprint density at radius 3 is 2.35 bits per heavy atom. The van der Waals surface area contributed by atoms with Crippen LogP contribution in [-0.2, 0) is 14.8 Å². The SMILES string of the molecule is CCN1C(=O)/C(=C/c2ccccc2)SC1=NS(=O)(=O)c1ccc(C)cc1. The average molecular weight is 386 g/mol. The van der Waals surface area contributed by atoms with Crippen molar-refractivity contribution in [2.24, 2.45) is 4.40 Å². The van der Waals surface area contributed by atoms with Gasteiger partial charge in [0.1, 0.15) is 0 Å². The Balaban J connectivity index is 1.96. The molecule has 1 heterocycles. The normalized spacial score (nSPS) is 18.1. The molecule has 1 aliphatic heterocycles. The van der Waals surface area contributed by atoms with Crippen LogP contribution in [0.1, 0.15) is 18.1 Å². The third kappa shape index (κ3) is 3.89. The summed E-state index contributed by atoms with van der Waals surface area (Å²) in [6.45, 7) is 4.02. The van der Waals surface area contributed by atoms with Crippen LogP contribution in [0.2, 0.25) is 0 Å². The Hall–Kier alpha value is -2.38. The fraction of sp³-hybridized carbons (Fsp3) is 0.158. The minimum atomic E-state index is -3.88. The van der Waals surface area contributed by atoms with Crippen molar-refractivity contribution in [1.82, 2.24) is 4.90 Å². The Bertz CT molecular complexity index is 979. The molecule has 1 saturated heterocycles. The first kappa shape index (κ1) is 18.4. The quantitative estimate of drug-likeness (QED) is 0.752. The second kappa shape index (κ2) is 7.47. The lowest BCUT2D eigenvalue weighted by Crippen LogP contribution is -2.29. The fourth-order valence-electron chi connectivity index (χ4n) is 2.42. The zero-order valence-electron chi connectivity index (χ0n) is 14.4. The maximum absolute atomic E-state index is 12.6. The van der Waals surface area contributed by atoms with Crippen LogP contribution in [0.4, 0.5) is 0 Å². The van der Waals surface area contributed by atoms with Gasteiger partial charge in [0.2, 0.25) is 0 Å². The van der Waals surface area contributed by atoms with Gasteiger partial charge in [-0.3, -0.25) is 9.69 Å². The molecule has 0 atom stereocenters. The monoisotopic (exact) mass is 386 g/mol.